The van der Waals surface area contributed by atoms with Gasteiger partial charge in [0.15, 0.2) is 0 Å². The molecule has 3 heterocycles. The second kappa shape index (κ2) is 8.14. The molecular formula is C24H29F2N3O3. The van der Waals surface area contributed by atoms with Crippen molar-refractivity contribution in [2.24, 2.45) is 0 Å². The van der Waals surface area contributed by atoms with Crippen LogP contribution in [0.2, 0.25) is 0 Å². The molecule has 1 N–H and O–H groups in total. The highest BCUT2D eigenvalue weighted by Crippen LogP contribution is 2.36. The van der Waals surface area contributed by atoms with Crippen LogP contribution in [0.4, 0.5) is 8.78 Å². The van der Waals surface area contributed by atoms with Gasteiger partial charge in [-0.3, -0.25) is 14.5 Å². The van der Waals surface area contributed by atoms with Gasteiger partial charge in [0.1, 0.15) is 17.9 Å². The molecule has 1 saturated carbocycles. The molecule has 6 nitrogen and oxygen atoms in total. The van der Waals surface area contributed by atoms with Crippen molar-refractivity contribution in [1.29, 1.82) is 0 Å². The second-order valence-electron chi connectivity index (χ2n) is 9.45. The van der Waals surface area contributed by atoms with Gasteiger partial charge in [0.2, 0.25) is 5.91 Å². The number of alkyl halides is 2. The third-order valence-corrected chi connectivity index (χ3v) is 7.31. The van der Waals surface area contributed by atoms with Gasteiger partial charge in [-0.1, -0.05) is 6.58 Å². The molecule has 5 rings (SSSR count). The summed E-state index contributed by atoms with van der Waals surface area (Å²) in [5, 5.41) is 2.75. The Morgan fingerprint density at radius 3 is 2.66 bits per heavy atom. The fraction of sp³-hybridized carbons (Fsp3) is 0.583. The van der Waals surface area contributed by atoms with Gasteiger partial charge in [0, 0.05) is 49.8 Å². The Labute approximate surface area is 186 Å². The maximum Gasteiger partial charge on any atom is 0.255 e. The molecule has 0 aromatic heterocycles. The molecule has 2 saturated heterocycles. The number of piperidine rings is 2. The van der Waals surface area contributed by atoms with Crippen LogP contribution in [0, 0.1) is 0 Å². The molecule has 8 heteroatoms. The number of nitrogens with zero attached hydrogens (tertiary/aromatic N) is 2. The van der Waals surface area contributed by atoms with E-state index in [1.807, 2.05) is 12.1 Å². The van der Waals surface area contributed by atoms with E-state index >= 15 is 0 Å². The first kappa shape index (κ1) is 21.4. The monoisotopic (exact) mass is 445 g/mol. The van der Waals surface area contributed by atoms with E-state index in [9.17, 15) is 18.4 Å². The van der Waals surface area contributed by atoms with Gasteiger partial charge >= 0.3 is 0 Å². The highest BCUT2D eigenvalue weighted by molar-refractivity contribution is 6.01. The minimum atomic E-state index is -2.55. The minimum Gasteiger partial charge on any atom is -0.489 e. The molecule has 1 aromatic rings. The van der Waals surface area contributed by atoms with Crippen LogP contribution in [-0.4, -0.2) is 58.8 Å². The number of benzene rings is 1. The summed E-state index contributed by atoms with van der Waals surface area (Å²) in [6.07, 6.45) is 3.89. The lowest BCUT2D eigenvalue weighted by molar-refractivity contribution is -0.126. The molecule has 2 amide bonds. The van der Waals surface area contributed by atoms with Crippen LogP contribution in [0.25, 0.3) is 0 Å². The second-order valence-corrected chi connectivity index (χ2v) is 9.45. The van der Waals surface area contributed by atoms with E-state index in [-0.39, 0.29) is 36.8 Å². The predicted molar refractivity (Wildman–Crippen MR) is 114 cm³/mol. The molecule has 172 valence electrons. The summed E-state index contributed by atoms with van der Waals surface area (Å²) >= 11 is 0. The average molecular weight is 446 g/mol. The first-order valence-corrected chi connectivity index (χ1v) is 11.5. The first-order chi connectivity index (χ1) is 15.3. The van der Waals surface area contributed by atoms with Crippen molar-refractivity contribution in [3.05, 3.63) is 41.6 Å². The van der Waals surface area contributed by atoms with Crippen LogP contribution in [0.3, 0.4) is 0 Å². The van der Waals surface area contributed by atoms with E-state index in [4.69, 9.17) is 4.74 Å². The van der Waals surface area contributed by atoms with Crippen LogP contribution < -0.4 is 10.1 Å². The Morgan fingerprint density at radius 1 is 1.12 bits per heavy atom. The standard InChI is InChI=1S/C24H29F2N3O3/c1-15-5-8-20(22(30)27-15)29-14-16-13-17(6-7-18(16)23(29)31)32-21-4-2-3-19(21)28-11-9-24(25,26)10-12-28/h6-7,13,19-21H,1-5,8-12,14H2,(H,27,30)/t19-,20?,21-/m1/s1. The minimum absolute atomic E-state index is 0.0388. The number of hydrogen-bond acceptors (Lipinski definition) is 4. The molecule has 3 atom stereocenters. The van der Waals surface area contributed by atoms with Crippen LogP contribution >= 0.6 is 0 Å². The Morgan fingerprint density at radius 2 is 1.91 bits per heavy atom. The molecule has 0 spiro atoms. The van der Waals surface area contributed by atoms with E-state index < -0.39 is 12.0 Å². The summed E-state index contributed by atoms with van der Waals surface area (Å²) in [6, 6.07) is 5.14. The molecule has 1 aliphatic carbocycles. The normalized spacial score (nSPS) is 30.4. The fourth-order valence-corrected chi connectivity index (χ4v) is 5.52. The van der Waals surface area contributed by atoms with E-state index in [0.717, 1.165) is 24.8 Å². The van der Waals surface area contributed by atoms with Crippen molar-refractivity contribution in [3.8, 4) is 5.75 Å². The van der Waals surface area contributed by atoms with Crippen molar-refractivity contribution in [1.82, 2.24) is 15.1 Å². The van der Waals surface area contributed by atoms with Crippen molar-refractivity contribution in [3.63, 3.8) is 0 Å². The number of amides is 2. The van der Waals surface area contributed by atoms with Gasteiger partial charge in [-0.15, -0.1) is 0 Å². The smallest absolute Gasteiger partial charge is 0.255 e. The summed E-state index contributed by atoms with van der Waals surface area (Å²) in [5.74, 6) is -2.17. The zero-order valence-corrected chi connectivity index (χ0v) is 18.1. The van der Waals surface area contributed by atoms with Gasteiger partial charge in [-0.2, -0.15) is 0 Å². The molecule has 4 aliphatic rings. The van der Waals surface area contributed by atoms with Crippen molar-refractivity contribution in [2.45, 2.75) is 75.6 Å². The zero-order chi connectivity index (χ0) is 22.5. The van der Waals surface area contributed by atoms with Gasteiger partial charge in [-0.05, 0) is 55.9 Å². The summed E-state index contributed by atoms with van der Waals surface area (Å²) < 4.78 is 33.4. The van der Waals surface area contributed by atoms with Crippen molar-refractivity contribution in [2.75, 3.05) is 13.1 Å². The number of rotatable bonds is 4. The maximum absolute atomic E-state index is 13.6. The quantitative estimate of drug-likeness (QED) is 0.771. The number of likely N-dealkylation sites (tertiary alicyclic amines) is 1. The molecule has 1 unspecified atom stereocenters. The predicted octanol–water partition coefficient (Wildman–Crippen LogP) is 3.47. The highest BCUT2D eigenvalue weighted by Gasteiger charge is 2.41. The van der Waals surface area contributed by atoms with E-state index in [1.54, 1.807) is 11.0 Å². The molecular weight excluding hydrogens is 416 g/mol. The zero-order valence-electron chi connectivity index (χ0n) is 18.1. The number of ether oxygens (including phenoxy) is 1. The van der Waals surface area contributed by atoms with E-state index in [1.165, 1.54) is 0 Å². The topological polar surface area (TPSA) is 61.9 Å². The molecule has 32 heavy (non-hydrogen) atoms. The van der Waals surface area contributed by atoms with Gasteiger partial charge in [-0.25, -0.2) is 8.78 Å². The van der Waals surface area contributed by atoms with Crippen LogP contribution in [0.1, 0.15) is 60.9 Å². The number of carbonyl (C=O) groups is 2. The summed E-state index contributed by atoms with van der Waals surface area (Å²) in [7, 11) is 0. The lowest BCUT2D eigenvalue weighted by Gasteiger charge is -2.38. The highest BCUT2D eigenvalue weighted by atomic mass is 19.3. The number of fused-ring (bicyclic) bond motifs is 1. The molecule has 3 aliphatic heterocycles. The SMILES string of the molecule is C=C1CCC(N2Cc3cc(O[C@@H]4CCC[C@H]4N4CCC(F)(F)CC4)ccc3C2=O)C(=O)N1. The Hall–Kier alpha value is -2.48. The number of hydrogen-bond donors (Lipinski definition) is 1. The molecule has 0 radical (unpaired) electrons. The average Bonchev–Trinajstić information content (AvgIpc) is 3.33. The van der Waals surface area contributed by atoms with Crippen molar-refractivity contribution < 1.29 is 23.1 Å². The van der Waals surface area contributed by atoms with Crippen molar-refractivity contribution >= 4 is 11.8 Å². The summed E-state index contributed by atoms with van der Waals surface area (Å²) in [5.41, 5.74) is 2.15. The number of halogens is 2. The van der Waals surface area contributed by atoms with Crippen LogP contribution in [0.15, 0.2) is 30.5 Å². The lowest BCUT2D eigenvalue weighted by atomic mass is 10.0. The molecule has 3 fully saturated rings. The molecule has 1 aromatic carbocycles. The lowest BCUT2D eigenvalue weighted by Crippen LogP contribution is -2.49. The van der Waals surface area contributed by atoms with Gasteiger partial charge in [0.25, 0.3) is 11.8 Å². The van der Waals surface area contributed by atoms with Crippen LogP contribution in [0.5, 0.6) is 5.75 Å². The third kappa shape index (κ3) is 4.00. The van der Waals surface area contributed by atoms with Gasteiger partial charge in [0.05, 0.1) is 0 Å². The summed E-state index contributed by atoms with van der Waals surface area (Å²) in [6.45, 7) is 4.99. The molecule has 0 bridgehead atoms. The summed E-state index contributed by atoms with van der Waals surface area (Å²) in [4.78, 5) is 29.1. The van der Waals surface area contributed by atoms with E-state index in [2.05, 4.69) is 16.8 Å². The third-order valence-electron chi connectivity index (χ3n) is 7.31. The Balaban J connectivity index is 1.26. The Bertz CT molecular complexity index is 940. The van der Waals surface area contributed by atoms with Crippen LogP contribution in [-0.2, 0) is 11.3 Å². The fourth-order valence-electron chi connectivity index (χ4n) is 5.52. The Kier molecular flexibility index (Phi) is 5.43. The maximum atomic E-state index is 13.6. The number of allylic oxidation sites excluding steroid dienone is 1. The largest absolute Gasteiger partial charge is 0.489 e. The number of nitrogens with one attached hydrogen (secondary N) is 1. The first-order valence-electron chi connectivity index (χ1n) is 11.5. The number of carbonyl (C=O) groups excluding carboxylic acids is 2. The van der Waals surface area contributed by atoms with Gasteiger partial charge < -0.3 is 15.0 Å². The van der Waals surface area contributed by atoms with E-state index in [0.29, 0.717) is 49.5 Å².